The van der Waals surface area contributed by atoms with Crippen LogP contribution in [0.25, 0.3) is 11.1 Å². The van der Waals surface area contributed by atoms with Crippen molar-refractivity contribution in [2.24, 2.45) is 5.73 Å². The molecule has 12 nitrogen and oxygen atoms in total. The maximum atomic E-state index is 12.8. The van der Waals surface area contributed by atoms with E-state index in [1.807, 2.05) is 54.6 Å². The summed E-state index contributed by atoms with van der Waals surface area (Å²) >= 11 is 0. The van der Waals surface area contributed by atoms with Crippen molar-refractivity contribution < 1.29 is 29.0 Å². The largest absolute Gasteiger partial charge is 0.508 e. The second-order valence-corrected chi connectivity index (χ2v) is 13.2. The van der Waals surface area contributed by atoms with Crippen LogP contribution < -0.4 is 27.0 Å². The van der Waals surface area contributed by atoms with Gasteiger partial charge in [-0.05, 0) is 74.5 Å². The molecule has 4 rings (SSSR count). The minimum atomic E-state index is -0.452. The molecule has 0 spiro atoms. The molecule has 12 heteroatoms. The molecule has 1 saturated heterocycles. The normalized spacial score (nSPS) is 13.4. The smallest absolute Gasteiger partial charge is 0.411 e. The van der Waals surface area contributed by atoms with Crippen LogP contribution >= 0.6 is 0 Å². The SMILES string of the molecule is NC(=O)CCNCCCC(=O)c1cc(O)ccc1CNCCCCCNC(=O)CCN1CCC(OC(=O)Nc2ccccc2-c2ccccc2)CC1. The average molecular weight is 715 g/mol. The number of hydrogen-bond acceptors (Lipinski definition) is 9. The summed E-state index contributed by atoms with van der Waals surface area (Å²) in [6.45, 7) is 5.25. The molecule has 0 saturated carbocycles. The third-order valence-electron chi connectivity index (χ3n) is 9.08. The van der Waals surface area contributed by atoms with E-state index in [1.165, 1.54) is 6.07 Å². The fraction of sp³-hybridized carbons (Fsp3) is 0.450. The van der Waals surface area contributed by atoms with Gasteiger partial charge in [-0.3, -0.25) is 19.7 Å². The van der Waals surface area contributed by atoms with Crippen molar-refractivity contribution in [3.05, 3.63) is 83.9 Å². The Morgan fingerprint density at radius 2 is 1.52 bits per heavy atom. The standard InChI is InChI=1S/C40H54N6O6/c41-38(49)17-24-42-22-9-14-37(48)35-28-32(47)16-15-31(35)29-43-21-7-2-8-23-44-39(50)20-27-46-25-18-33(19-26-46)52-40(51)45-36-13-6-5-12-34(36)30-10-3-1-4-11-30/h1,3-6,10-13,15-16,28,33,42-43,47H,2,7-9,14,17-27,29H2,(H2,41,49)(H,44,50)(H,45,51). The maximum absolute atomic E-state index is 12.8. The van der Waals surface area contributed by atoms with Gasteiger partial charge in [-0.1, -0.05) is 61.0 Å². The van der Waals surface area contributed by atoms with E-state index in [-0.39, 0.29) is 35.9 Å². The van der Waals surface area contributed by atoms with Crippen LogP contribution in [0.15, 0.2) is 72.8 Å². The number of phenols is 1. The third kappa shape index (κ3) is 14.5. The van der Waals surface area contributed by atoms with Crippen LogP contribution in [0.3, 0.4) is 0 Å². The number of aromatic hydroxyl groups is 1. The van der Waals surface area contributed by atoms with Gasteiger partial charge in [0.2, 0.25) is 11.8 Å². The highest BCUT2D eigenvalue weighted by molar-refractivity contribution is 5.98. The molecule has 3 aromatic carbocycles. The van der Waals surface area contributed by atoms with Crippen LogP contribution in [0, 0.1) is 0 Å². The molecule has 0 bridgehead atoms. The summed E-state index contributed by atoms with van der Waals surface area (Å²) in [7, 11) is 0. The second-order valence-electron chi connectivity index (χ2n) is 13.2. The number of hydrogen-bond donors (Lipinski definition) is 6. The molecular weight excluding hydrogens is 660 g/mol. The molecule has 0 unspecified atom stereocenters. The molecule has 0 aliphatic carbocycles. The first-order chi connectivity index (χ1) is 25.3. The number of anilines is 1. The Balaban J connectivity index is 1.02. The van der Waals surface area contributed by atoms with Crippen LogP contribution in [-0.4, -0.2) is 85.6 Å². The van der Waals surface area contributed by atoms with Crippen molar-refractivity contribution in [2.45, 2.75) is 70.4 Å². The molecule has 1 fully saturated rings. The van der Waals surface area contributed by atoms with Crippen LogP contribution in [0.5, 0.6) is 5.75 Å². The van der Waals surface area contributed by atoms with E-state index in [9.17, 15) is 24.3 Å². The molecule has 0 atom stereocenters. The highest BCUT2D eigenvalue weighted by Crippen LogP contribution is 2.28. The Labute approximate surface area is 306 Å². The predicted molar refractivity (Wildman–Crippen MR) is 203 cm³/mol. The molecular formula is C40H54N6O6. The number of nitrogens with two attached hydrogens (primary N) is 1. The molecule has 52 heavy (non-hydrogen) atoms. The number of ketones is 1. The van der Waals surface area contributed by atoms with Gasteiger partial charge in [0.05, 0.1) is 5.69 Å². The van der Waals surface area contributed by atoms with E-state index in [2.05, 4.69) is 26.2 Å². The van der Waals surface area contributed by atoms with E-state index in [0.717, 1.165) is 68.4 Å². The number of nitrogens with one attached hydrogen (secondary N) is 4. The summed E-state index contributed by atoms with van der Waals surface area (Å²) in [6, 6.07) is 22.5. The van der Waals surface area contributed by atoms with Crippen molar-refractivity contribution in [1.82, 2.24) is 20.9 Å². The van der Waals surface area contributed by atoms with Gasteiger partial charge in [0.1, 0.15) is 11.9 Å². The number of rotatable bonds is 22. The van der Waals surface area contributed by atoms with Gasteiger partial charge >= 0.3 is 6.09 Å². The zero-order valence-electron chi connectivity index (χ0n) is 30.0. The lowest BCUT2D eigenvalue weighted by molar-refractivity contribution is -0.121. The number of carbonyl (C=O) groups excluding carboxylic acids is 4. The van der Waals surface area contributed by atoms with Gasteiger partial charge < -0.3 is 36.4 Å². The summed E-state index contributed by atoms with van der Waals surface area (Å²) < 4.78 is 5.73. The highest BCUT2D eigenvalue weighted by atomic mass is 16.6. The molecule has 0 radical (unpaired) electrons. The highest BCUT2D eigenvalue weighted by Gasteiger charge is 2.23. The summed E-state index contributed by atoms with van der Waals surface area (Å²) in [4.78, 5) is 51.0. The van der Waals surface area contributed by atoms with Gasteiger partial charge in [-0.25, -0.2) is 4.79 Å². The molecule has 7 N–H and O–H groups in total. The van der Waals surface area contributed by atoms with Gasteiger partial charge in [0, 0.05) is 69.7 Å². The molecule has 3 aromatic rings. The fourth-order valence-corrected chi connectivity index (χ4v) is 6.18. The number of para-hydroxylation sites is 1. The summed E-state index contributed by atoms with van der Waals surface area (Å²) in [6.07, 6.45) is 5.28. The first kappa shape index (κ1) is 40.0. The van der Waals surface area contributed by atoms with Crippen molar-refractivity contribution >= 4 is 29.4 Å². The van der Waals surface area contributed by atoms with E-state index in [4.69, 9.17) is 10.5 Å². The number of amides is 3. The third-order valence-corrected chi connectivity index (χ3v) is 9.08. The molecule has 3 amide bonds. The van der Waals surface area contributed by atoms with Gasteiger partial charge in [0.25, 0.3) is 0 Å². The number of unbranched alkanes of at least 4 members (excludes halogenated alkanes) is 2. The molecule has 1 heterocycles. The minimum Gasteiger partial charge on any atom is -0.508 e. The van der Waals surface area contributed by atoms with E-state index in [1.54, 1.807) is 12.1 Å². The van der Waals surface area contributed by atoms with E-state index in [0.29, 0.717) is 63.2 Å². The number of benzene rings is 3. The fourth-order valence-electron chi connectivity index (χ4n) is 6.18. The van der Waals surface area contributed by atoms with Crippen molar-refractivity contribution in [3.63, 3.8) is 0 Å². The zero-order chi connectivity index (χ0) is 37.0. The number of carbonyl (C=O) groups is 4. The lowest BCUT2D eigenvalue weighted by Crippen LogP contribution is -2.40. The monoisotopic (exact) mass is 714 g/mol. The van der Waals surface area contributed by atoms with Crippen LogP contribution in [-0.2, 0) is 20.9 Å². The van der Waals surface area contributed by atoms with E-state index < -0.39 is 6.09 Å². The summed E-state index contributed by atoms with van der Waals surface area (Å²) in [5.74, 6) is -0.285. The first-order valence-electron chi connectivity index (χ1n) is 18.4. The van der Waals surface area contributed by atoms with Crippen molar-refractivity contribution in [2.75, 3.05) is 51.1 Å². The Morgan fingerprint density at radius 3 is 2.31 bits per heavy atom. The average Bonchev–Trinajstić information content (AvgIpc) is 3.14. The maximum Gasteiger partial charge on any atom is 0.411 e. The first-order valence-corrected chi connectivity index (χ1v) is 18.4. The van der Waals surface area contributed by atoms with Gasteiger partial charge in [-0.15, -0.1) is 0 Å². The lowest BCUT2D eigenvalue weighted by Gasteiger charge is -2.31. The van der Waals surface area contributed by atoms with Crippen molar-refractivity contribution in [3.8, 4) is 16.9 Å². The summed E-state index contributed by atoms with van der Waals surface area (Å²) in [5.41, 5.74) is 9.18. The predicted octanol–water partition coefficient (Wildman–Crippen LogP) is 4.97. The zero-order valence-corrected chi connectivity index (χ0v) is 30.0. The lowest BCUT2D eigenvalue weighted by atomic mass is 10.00. The molecule has 1 aliphatic rings. The summed E-state index contributed by atoms with van der Waals surface area (Å²) in [5, 5.41) is 22.4. The Kier molecular flexibility index (Phi) is 17.1. The Hall–Kier alpha value is -4.78. The van der Waals surface area contributed by atoms with Gasteiger partial charge in [0.15, 0.2) is 5.78 Å². The molecule has 280 valence electrons. The Bertz CT molecular complexity index is 1580. The number of piperidine rings is 1. The quantitative estimate of drug-likeness (QED) is 0.0621. The number of likely N-dealkylation sites (tertiary alicyclic amines) is 1. The van der Waals surface area contributed by atoms with Crippen LogP contribution in [0.1, 0.15) is 73.7 Å². The Morgan fingerprint density at radius 1 is 0.788 bits per heavy atom. The molecule has 0 aromatic heterocycles. The number of primary amides is 1. The topological polar surface area (TPSA) is 175 Å². The number of Topliss-reactive ketones (excluding diaryl/α,β-unsaturated/α-hetero) is 1. The number of ether oxygens (including phenoxy) is 1. The van der Waals surface area contributed by atoms with Gasteiger partial charge in [-0.2, -0.15) is 0 Å². The number of phenolic OH excluding ortho intramolecular Hbond substituents is 1. The van der Waals surface area contributed by atoms with Crippen LogP contribution in [0.4, 0.5) is 10.5 Å². The van der Waals surface area contributed by atoms with Crippen LogP contribution in [0.2, 0.25) is 0 Å². The van der Waals surface area contributed by atoms with Crippen molar-refractivity contribution in [1.29, 1.82) is 0 Å². The van der Waals surface area contributed by atoms with E-state index >= 15 is 0 Å². The number of nitrogens with zero attached hydrogens (tertiary/aromatic N) is 1. The second kappa shape index (κ2) is 22.2. The minimum absolute atomic E-state index is 0.0276. The molecule has 1 aliphatic heterocycles.